The number of carbonyl (C=O) groups excluding carboxylic acids is 1. The van der Waals surface area contributed by atoms with Crippen molar-refractivity contribution in [2.45, 2.75) is 37.4 Å². The van der Waals surface area contributed by atoms with Crippen molar-refractivity contribution in [2.75, 3.05) is 24.2 Å². The SMILES string of the molecule is CC(NC(=O)C1(c2cccc(C(F)(F)F)c2)CCOCC1)c1cccc(NS(C)(=O)=O)c1. The molecule has 2 aromatic carbocycles. The van der Waals surface area contributed by atoms with Gasteiger partial charge < -0.3 is 10.1 Å². The molecule has 32 heavy (non-hydrogen) atoms. The average Bonchev–Trinajstić information content (AvgIpc) is 2.72. The first kappa shape index (κ1) is 24.1. The standard InChI is InChI=1S/C22H25F3N2O4S/c1-15(16-5-3-8-19(13-16)27-32(2,29)30)26-20(28)21(9-11-31-12-10-21)17-6-4-7-18(14-17)22(23,24)25/h3-8,13-15,27H,9-12H2,1-2H3,(H,26,28). The van der Waals surface area contributed by atoms with Crippen LogP contribution in [0.5, 0.6) is 0 Å². The van der Waals surface area contributed by atoms with Gasteiger partial charge in [-0.2, -0.15) is 13.2 Å². The molecule has 1 amide bonds. The zero-order valence-corrected chi connectivity index (χ0v) is 18.5. The second kappa shape index (κ2) is 9.11. The minimum Gasteiger partial charge on any atom is -0.381 e. The van der Waals surface area contributed by atoms with Crippen LogP contribution >= 0.6 is 0 Å². The minimum absolute atomic E-state index is 0.253. The molecule has 1 saturated heterocycles. The number of sulfonamides is 1. The second-order valence-electron chi connectivity index (χ2n) is 7.97. The highest BCUT2D eigenvalue weighted by atomic mass is 32.2. The molecule has 0 aromatic heterocycles. The molecule has 1 heterocycles. The summed E-state index contributed by atoms with van der Waals surface area (Å²) in [6.07, 6.45) is -2.97. The quantitative estimate of drug-likeness (QED) is 0.669. The largest absolute Gasteiger partial charge is 0.416 e. The van der Waals surface area contributed by atoms with Crippen LogP contribution in [0.15, 0.2) is 48.5 Å². The Morgan fingerprint density at radius 3 is 2.38 bits per heavy atom. The molecular weight excluding hydrogens is 445 g/mol. The molecule has 0 radical (unpaired) electrons. The van der Waals surface area contributed by atoms with Gasteiger partial charge >= 0.3 is 6.18 Å². The van der Waals surface area contributed by atoms with E-state index in [1.807, 2.05) is 0 Å². The molecular formula is C22H25F3N2O4S. The fourth-order valence-corrected chi connectivity index (χ4v) is 4.42. The van der Waals surface area contributed by atoms with Gasteiger partial charge in [-0.3, -0.25) is 9.52 Å². The number of halogens is 3. The summed E-state index contributed by atoms with van der Waals surface area (Å²) in [6, 6.07) is 10.9. The molecule has 10 heteroatoms. The summed E-state index contributed by atoms with van der Waals surface area (Å²) in [4.78, 5) is 13.4. The second-order valence-corrected chi connectivity index (χ2v) is 9.72. The lowest BCUT2D eigenvalue weighted by Gasteiger charge is -2.37. The summed E-state index contributed by atoms with van der Waals surface area (Å²) in [5.74, 6) is -0.394. The van der Waals surface area contributed by atoms with Crippen LogP contribution in [0.3, 0.4) is 0 Å². The van der Waals surface area contributed by atoms with E-state index in [-0.39, 0.29) is 26.1 Å². The summed E-state index contributed by atoms with van der Waals surface area (Å²) in [6.45, 7) is 2.24. The van der Waals surface area contributed by atoms with Crippen LogP contribution in [0.25, 0.3) is 0 Å². The van der Waals surface area contributed by atoms with Gasteiger partial charge in [0.05, 0.1) is 23.3 Å². The first-order valence-corrected chi connectivity index (χ1v) is 11.9. The van der Waals surface area contributed by atoms with Gasteiger partial charge in [0.2, 0.25) is 15.9 Å². The number of ether oxygens (including phenoxy) is 1. The molecule has 0 aliphatic carbocycles. The van der Waals surface area contributed by atoms with Crippen molar-refractivity contribution >= 4 is 21.6 Å². The maximum atomic E-state index is 13.4. The van der Waals surface area contributed by atoms with Crippen LogP contribution < -0.4 is 10.0 Å². The topological polar surface area (TPSA) is 84.5 Å². The fourth-order valence-electron chi connectivity index (χ4n) is 3.86. The number of benzene rings is 2. The lowest BCUT2D eigenvalue weighted by atomic mass is 9.72. The van der Waals surface area contributed by atoms with E-state index in [1.165, 1.54) is 6.07 Å². The Morgan fingerprint density at radius 1 is 1.09 bits per heavy atom. The normalized spacial score (nSPS) is 17.4. The maximum absolute atomic E-state index is 13.4. The Balaban J connectivity index is 1.89. The van der Waals surface area contributed by atoms with E-state index >= 15 is 0 Å². The Bertz CT molecular complexity index is 1080. The molecule has 174 valence electrons. The number of anilines is 1. The third kappa shape index (κ3) is 5.60. The highest BCUT2D eigenvalue weighted by Gasteiger charge is 2.43. The Labute approximate surface area is 185 Å². The van der Waals surface area contributed by atoms with Crippen molar-refractivity contribution in [3.8, 4) is 0 Å². The number of alkyl halides is 3. The molecule has 1 unspecified atom stereocenters. The molecule has 2 N–H and O–H groups in total. The van der Waals surface area contributed by atoms with E-state index in [4.69, 9.17) is 4.74 Å². The molecule has 0 spiro atoms. The maximum Gasteiger partial charge on any atom is 0.416 e. The summed E-state index contributed by atoms with van der Waals surface area (Å²) < 4.78 is 70.6. The Kier molecular flexibility index (Phi) is 6.85. The zero-order chi connectivity index (χ0) is 23.6. The molecule has 6 nitrogen and oxygen atoms in total. The molecule has 3 rings (SSSR count). The predicted octanol–water partition coefficient (Wildman–Crippen LogP) is 4.00. The summed E-state index contributed by atoms with van der Waals surface area (Å²) >= 11 is 0. The number of nitrogens with one attached hydrogen (secondary N) is 2. The third-order valence-corrected chi connectivity index (χ3v) is 6.17. The first-order chi connectivity index (χ1) is 14.9. The predicted molar refractivity (Wildman–Crippen MR) is 115 cm³/mol. The van der Waals surface area contributed by atoms with E-state index in [1.54, 1.807) is 37.3 Å². The van der Waals surface area contributed by atoms with Gasteiger partial charge in [-0.05, 0) is 49.1 Å². The van der Waals surface area contributed by atoms with Crippen molar-refractivity contribution in [1.29, 1.82) is 0 Å². The molecule has 1 atom stereocenters. The number of carbonyl (C=O) groups is 1. The van der Waals surface area contributed by atoms with Crippen LogP contribution in [-0.4, -0.2) is 33.8 Å². The zero-order valence-electron chi connectivity index (χ0n) is 17.7. The van der Waals surface area contributed by atoms with E-state index in [0.717, 1.165) is 18.4 Å². The summed E-state index contributed by atoms with van der Waals surface area (Å²) in [5.41, 5.74) is -0.659. The van der Waals surface area contributed by atoms with Crippen molar-refractivity contribution in [1.82, 2.24) is 5.32 Å². The number of amides is 1. The highest BCUT2D eigenvalue weighted by molar-refractivity contribution is 7.92. The molecule has 2 aromatic rings. The van der Waals surface area contributed by atoms with E-state index in [9.17, 15) is 26.4 Å². The van der Waals surface area contributed by atoms with Crippen LogP contribution in [0.2, 0.25) is 0 Å². The van der Waals surface area contributed by atoms with Crippen LogP contribution in [0.4, 0.5) is 18.9 Å². The molecule has 1 fully saturated rings. The molecule has 1 aliphatic rings. The van der Waals surface area contributed by atoms with Gasteiger partial charge in [0.15, 0.2) is 0 Å². The Hall–Kier alpha value is -2.59. The molecule has 0 saturated carbocycles. The number of hydrogen-bond acceptors (Lipinski definition) is 4. The van der Waals surface area contributed by atoms with Crippen molar-refractivity contribution in [2.24, 2.45) is 0 Å². The van der Waals surface area contributed by atoms with Gasteiger partial charge in [-0.1, -0.05) is 30.3 Å². The van der Waals surface area contributed by atoms with Gasteiger partial charge in [0, 0.05) is 18.9 Å². The van der Waals surface area contributed by atoms with Crippen molar-refractivity contribution in [3.63, 3.8) is 0 Å². The smallest absolute Gasteiger partial charge is 0.381 e. The number of rotatable bonds is 6. The Morgan fingerprint density at radius 2 is 1.75 bits per heavy atom. The van der Waals surface area contributed by atoms with Gasteiger partial charge in [-0.15, -0.1) is 0 Å². The van der Waals surface area contributed by atoms with E-state index in [2.05, 4.69) is 10.0 Å². The third-order valence-electron chi connectivity index (χ3n) is 5.56. The molecule has 0 bridgehead atoms. The van der Waals surface area contributed by atoms with Gasteiger partial charge in [0.25, 0.3) is 0 Å². The minimum atomic E-state index is -4.51. The number of hydrogen-bond donors (Lipinski definition) is 2. The van der Waals surface area contributed by atoms with E-state index in [0.29, 0.717) is 16.8 Å². The van der Waals surface area contributed by atoms with Crippen LogP contribution in [0, 0.1) is 0 Å². The van der Waals surface area contributed by atoms with Crippen molar-refractivity contribution < 1.29 is 31.1 Å². The lowest BCUT2D eigenvalue weighted by molar-refractivity contribution is -0.138. The fraction of sp³-hybridized carbons (Fsp3) is 0.409. The summed E-state index contributed by atoms with van der Waals surface area (Å²) in [7, 11) is -3.46. The van der Waals surface area contributed by atoms with Crippen molar-refractivity contribution in [3.05, 3.63) is 65.2 Å². The van der Waals surface area contributed by atoms with Gasteiger partial charge in [0.1, 0.15) is 0 Å². The lowest BCUT2D eigenvalue weighted by Crippen LogP contribution is -2.48. The highest BCUT2D eigenvalue weighted by Crippen LogP contribution is 2.39. The van der Waals surface area contributed by atoms with E-state index < -0.39 is 39.1 Å². The summed E-state index contributed by atoms with van der Waals surface area (Å²) in [5, 5.41) is 2.90. The van der Waals surface area contributed by atoms with Crippen LogP contribution in [-0.2, 0) is 31.1 Å². The molecule has 1 aliphatic heterocycles. The van der Waals surface area contributed by atoms with Gasteiger partial charge in [-0.25, -0.2) is 8.42 Å². The monoisotopic (exact) mass is 470 g/mol. The first-order valence-electron chi connectivity index (χ1n) is 10.0. The van der Waals surface area contributed by atoms with Crippen LogP contribution in [0.1, 0.15) is 42.5 Å². The average molecular weight is 471 g/mol.